The maximum Gasteiger partial charge on any atom is 0.315 e. The third-order valence-corrected chi connectivity index (χ3v) is 1.83. The van der Waals surface area contributed by atoms with Gasteiger partial charge in [-0.2, -0.15) is 0 Å². The Kier molecular flexibility index (Phi) is 5.33. The number of hydrogen-bond acceptors (Lipinski definition) is 3. The van der Waals surface area contributed by atoms with Gasteiger partial charge in [0.25, 0.3) is 0 Å². The summed E-state index contributed by atoms with van der Waals surface area (Å²) in [5, 5.41) is 0. The number of ether oxygens (including phenoxy) is 1. The number of amides is 1. The van der Waals surface area contributed by atoms with Crippen LogP contribution in [0.1, 0.15) is 41.0 Å². The van der Waals surface area contributed by atoms with Crippen molar-refractivity contribution in [3.8, 4) is 0 Å². The molecule has 88 valence electrons. The molecule has 0 saturated carbocycles. The average Bonchev–Trinajstić information content (AvgIpc) is 2.02. The molecule has 15 heavy (non-hydrogen) atoms. The minimum absolute atomic E-state index is 0.168. The van der Waals surface area contributed by atoms with Crippen LogP contribution < -0.4 is 0 Å². The van der Waals surface area contributed by atoms with Gasteiger partial charge in [0.1, 0.15) is 12.0 Å². The summed E-state index contributed by atoms with van der Waals surface area (Å²) in [6, 6.07) is 0. The molecule has 0 aromatic rings. The van der Waals surface area contributed by atoms with Crippen LogP contribution in [-0.4, -0.2) is 35.5 Å². The number of carbonyl (C=O) groups excluding carboxylic acids is 2. The Morgan fingerprint density at radius 3 is 1.93 bits per heavy atom. The molecule has 0 heterocycles. The lowest BCUT2D eigenvalue weighted by atomic mass is 10.2. The number of esters is 1. The van der Waals surface area contributed by atoms with Crippen LogP contribution in [0.15, 0.2) is 0 Å². The van der Waals surface area contributed by atoms with Crippen LogP contribution >= 0.6 is 0 Å². The third kappa shape index (κ3) is 6.10. The molecule has 0 fully saturated rings. The van der Waals surface area contributed by atoms with Crippen LogP contribution in [0.5, 0.6) is 0 Å². The van der Waals surface area contributed by atoms with E-state index in [1.54, 1.807) is 25.7 Å². The van der Waals surface area contributed by atoms with E-state index >= 15 is 0 Å². The largest absolute Gasteiger partial charge is 0.460 e. The molecule has 0 aliphatic rings. The SMILES string of the molecule is CCN(CC)C(=O)CC(=O)OC(C)(C)C. The molecule has 0 unspecified atom stereocenters. The van der Waals surface area contributed by atoms with E-state index in [4.69, 9.17) is 4.74 Å². The lowest BCUT2D eigenvalue weighted by Crippen LogP contribution is -2.34. The molecule has 4 nitrogen and oxygen atoms in total. The predicted molar refractivity (Wildman–Crippen MR) is 58.4 cm³/mol. The number of rotatable bonds is 4. The van der Waals surface area contributed by atoms with Gasteiger partial charge >= 0.3 is 5.97 Å². The lowest BCUT2D eigenvalue weighted by Gasteiger charge is -2.21. The third-order valence-electron chi connectivity index (χ3n) is 1.83. The zero-order chi connectivity index (χ0) is 12.1. The van der Waals surface area contributed by atoms with Gasteiger partial charge in [0.05, 0.1) is 0 Å². The van der Waals surface area contributed by atoms with E-state index in [0.29, 0.717) is 13.1 Å². The van der Waals surface area contributed by atoms with Gasteiger partial charge in [-0.05, 0) is 34.6 Å². The van der Waals surface area contributed by atoms with E-state index in [9.17, 15) is 9.59 Å². The van der Waals surface area contributed by atoms with Crippen molar-refractivity contribution in [2.45, 2.75) is 46.6 Å². The summed E-state index contributed by atoms with van der Waals surface area (Å²) in [6.07, 6.45) is -0.168. The molecule has 0 aromatic heterocycles. The summed E-state index contributed by atoms with van der Waals surface area (Å²) in [7, 11) is 0. The van der Waals surface area contributed by atoms with E-state index in [2.05, 4.69) is 0 Å². The van der Waals surface area contributed by atoms with Gasteiger partial charge in [-0.3, -0.25) is 9.59 Å². The van der Waals surface area contributed by atoms with E-state index < -0.39 is 11.6 Å². The highest BCUT2D eigenvalue weighted by Gasteiger charge is 2.20. The van der Waals surface area contributed by atoms with Crippen LogP contribution in [0, 0.1) is 0 Å². The van der Waals surface area contributed by atoms with E-state index in [0.717, 1.165) is 0 Å². The fourth-order valence-electron chi connectivity index (χ4n) is 1.19. The van der Waals surface area contributed by atoms with Gasteiger partial charge in [-0.15, -0.1) is 0 Å². The first-order valence-electron chi connectivity index (χ1n) is 5.29. The Morgan fingerprint density at radius 2 is 1.60 bits per heavy atom. The Labute approximate surface area is 91.6 Å². The molecule has 0 bridgehead atoms. The average molecular weight is 215 g/mol. The Morgan fingerprint density at radius 1 is 1.13 bits per heavy atom. The van der Waals surface area contributed by atoms with Gasteiger partial charge in [0, 0.05) is 13.1 Å². The lowest BCUT2D eigenvalue weighted by molar-refractivity contribution is -0.158. The topological polar surface area (TPSA) is 46.6 Å². The summed E-state index contributed by atoms with van der Waals surface area (Å²) in [5.74, 6) is -0.631. The molecule has 0 N–H and O–H groups in total. The molecular weight excluding hydrogens is 194 g/mol. The van der Waals surface area contributed by atoms with Crippen molar-refractivity contribution < 1.29 is 14.3 Å². The smallest absolute Gasteiger partial charge is 0.315 e. The highest BCUT2D eigenvalue weighted by atomic mass is 16.6. The minimum atomic E-state index is -0.527. The van der Waals surface area contributed by atoms with Crippen LogP contribution in [0.4, 0.5) is 0 Å². The highest BCUT2D eigenvalue weighted by molar-refractivity contribution is 5.94. The molecule has 0 radical (unpaired) electrons. The minimum Gasteiger partial charge on any atom is -0.460 e. The second kappa shape index (κ2) is 5.73. The second-order valence-corrected chi connectivity index (χ2v) is 4.33. The molecule has 4 heteroatoms. The molecule has 0 aliphatic carbocycles. The van der Waals surface area contributed by atoms with Gasteiger partial charge in [-0.25, -0.2) is 0 Å². The summed E-state index contributed by atoms with van der Waals surface area (Å²) < 4.78 is 5.06. The summed E-state index contributed by atoms with van der Waals surface area (Å²) in [6.45, 7) is 10.4. The zero-order valence-electron chi connectivity index (χ0n) is 10.3. The predicted octanol–water partition coefficient (Wildman–Crippen LogP) is 1.59. The summed E-state index contributed by atoms with van der Waals surface area (Å²) >= 11 is 0. The van der Waals surface area contributed by atoms with Gasteiger partial charge in [0.15, 0.2) is 0 Å². The van der Waals surface area contributed by atoms with Crippen LogP contribution in [0.25, 0.3) is 0 Å². The van der Waals surface area contributed by atoms with Crippen LogP contribution in [0.2, 0.25) is 0 Å². The standard InChI is InChI=1S/C11H21NO3/c1-6-12(7-2)9(13)8-10(14)15-11(3,4)5/h6-8H2,1-5H3. The Hall–Kier alpha value is -1.06. The second-order valence-electron chi connectivity index (χ2n) is 4.33. The molecule has 0 spiro atoms. The van der Waals surface area contributed by atoms with Crippen molar-refractivity contribution in [3.05, 3.63) is 0 Å². The first kappa shape index (κ1) is 13.9. The maximum atomic E-state index is 11.5. The fraction of sp³-hybridized carbons (Fsp3) is 0.818. The van der Waals surface area contributed by atoms with Gasteiger partial charge < -0.3 is 9.64 Å². The number of nitrogens with zero attached hydrogens (tertiary/aromatic N) is 1. The zero-order valence-corrected chi connectivity index (χ0v) is 10.3. The molecule has 0 aliphatic heterocycles. The van der Waals surface area contributed by atoms with Gasteiger partial charge in [0.2, 0.25) is 5.91 Å². The van der Waals surface area contributed by atoms with Crippen molar-refractivity contribution in [1.82, 2.24) is 4.90 Å². The first-order valence-corrected chi connectivity index (χ1v) is 5.29. The van der Waals surface area contributed by atoms with Crippen LogP contribution in [0.3, 0.4) is 0 Å². The van der Waals surface area contributed by atoms with Crippen molar-refractivity contribution in [3.63, 3.8) is 0 Å². The summed E-state index contributed by atoms with van der Waals surface area (Å²) in [5.41, 5.74) is -0.527. The molecular formula is C11H21NO3. The fourth-order valence-corrected chi connectivity index (χ4v) is 1.19. The van der Waals surface area contributed by atoms with Crippen LogP contribution in [-0.2, 0) is 14.3 Å². The molecule has 0 saturated heterocycles. The van der Waals surface area contributed by atoms with E-state index in [-0.39, 0.29) is 12.3 Å². The van der Waals surface area contributed by atoms with Crippen molar-refractivity contribution in [2.24, 2.45) is 0 Å². The molecule has 0 atom stereocenters. The number of carbonyl (C=O) groups is 2. The molecule has 0 aromatic carbocycles. The highest BCUT2D eigenvalue weighted by Crippen LogP contribution is 2.08. The maximum absolute atomic E-state index is 11.5. The first-order chi connectivity index (χ1) is 6.80. The Bertz CT molecular complexity index is 226. The summed E-state index contributed by atoms with van der Waals surface area (Å²) in [4.78, 5) is 24.5. The normalized spacial score (nSPS) is 11.0. The van der Waals surface area contributed by atoms with Crippen molar-refractivity contribution in [1.29, 1.82) is 0 Å². The van der Waals surface area contributed by atoms with Gasteiger partial charge in [-0.1, -0.05) is 0 Å². The monoisotopic (exact) mass is 215 g/mol. The van der Waals surface area contributed by atoms with E-state index in [1.807, 2.05) is 13.8 Å². The van der Waals surface area contributed by atoms with Crippen molar-refractivity contribution >= 4 is 11.9 Å². The van der Waals surface area contributed by atoms with E-state index in [1.165, 1.54) is 0 Å². The van der Waals surface area contributed by atoms with Crippen molar-refractivity contribution in [2.75, 3.05) is 13.1 Å². The Balaban J connectivity index is 4.13. The quantitative estimate of drug-likeness (QED) is 0.528. The molecule has 1 amide bonds. The molecule has 0 rings (SSSR count). The number of hydrogen-bond donors (Lipinski definition) is 0.